The summed E-state index contributed by atoms with van der Waals surface area (Å²) in [6, 6.07) is 0.499. The first-order valence-corrected chi connectivity index (χ1v) is 7.27. The van der Waals surface area contributed by atoms with Crippen molar-refractivity contribution in [2.24, 2.45) is 23.7 Å². The van der Waals surface area contributed by atoms with Crippen LogP contribution in [0.2, 0.25) is 0 Å². The van der Waals surface area contributed by atoms with Crippen LogP contribution < -0.4 is 5.32 Å². The molecule has 3 fully saturated rings. The molecule has 3 rings (SSSR count). The minimum Gasteiger partial charge on any atom is -0.352 e. The van der Waals surface area contributed by atoms with E-state index in [0.717, 1.165) is 23.7 Å². The highest BCUT2D eigenvalue weighted by molar-refractivity contribution is 9.09. The zero-order valence-electron chi connectivity index (χ0n) is 8.92. The van der Waals surface area contributed by atoms with Gasteiger partial charge >= 0.3 is 0 Å². The summed E-state index contributed by atoms with van der Waals surface area (Å²) in [5.74, 6) is 3.88. The SMILES string of the molecule is O=C(CBr)NC1CC2CC1C1CCCC21. The van der Waals surface area contributed by atoms with Crippen molar-refractivity contribution in [3.63, 3.8) is 0 Å². The Balaban J connectivity index is 1.68. The van der Waals surface area contributed by atoms with Crippen LogP contribution in [0.3, 0.4) is 0 Å². The predicted molar refractivity (Wildman–Crippen MR) is 62.8 cm³/mol. The second kappa shape index (κ2) is 3.76. The standard InChI is InChI=1S/C12H18BrNO/c13-6-12(15)14-11-5-7-4-10(11)9-3-1-2-8(7)9/h7-11H,1-6H2,(H,14,15). The number of halogens is 1. The van der Waals surface area contributed by atoms with Crippen molar-refractivity contribution in [2.45, 2.75) is 38.1 Å². The summed E-state index contributed by atoms with van der Waals surface area (Å²) < 4.78 is 0. The van der Waals surface area contributed by atoms with Crippen molar-refractivity contribution in [1.82, 2.24) is 5.32 Å². The molecule has 5 atom stereocenters. The third kappa shape index (κ3) is 1.54. The van der Waals surface area contributed by atoms with Gasteiger partial charge in [-0.3, -0.25) is 4.79 Å². The first-order valence-electron chi connectivity index (χ1n) is 6.15. The van der Waals surface area contributed by atoms with Gasteiger partial charge in [0.15, 0.2) is 0 Å². The van der Waals surface area contributed by atoms with E-state index >= 15 is 0 Å². The summed E-state index contributed by atoms with van der Waals surface area (Å²) >= 11 is 3.22. The largest absolute Gasteiger partial charge is 0.352 e. The van der Waals surface area contributed by atoms with Crippen molar-refractivity contribution in [3.8, 4) is 0 Å². The Kier molecular flexibility index (Phi) is 2.54. The number of hydrogen-bond donors (Lipinski definition) is 1. The minimum absolute atomic E-state index is 0.169. The van der Waals surface area contributed by atoms with Gasteiger partial charge in [-0.2, -0.15) is 0 Å². The molecule has 0 saturated heterocycles. The molecule has 1 amide bonds. The van der Waals surface area contributed by atoms with Gasteiger partial charge in [-0.25, -0.2) is 0 Å². The molecule has 0 aromatic rings. The lowest BCUT2D eigenvalue weighted by atomic mass is 9.79. The van der Waals surface area contributed by atoms with Crippen LogP contribution in [0.1, 0.15) is 32.1 Å². The highest BCUT2D eigenvalue weighted by Crippen LogP contribution is 2.58. The van der Waals surface area contributed by atoms with Crippen molar-refractivity contribution in [2.75, 3.05) is 5.33 Å². The van der Waals surface area contributed by atoms with Gasteiger partial charge in [0, 0.05) is 6.04 Å². The van der Waals surface area contributed by atoms with Gasteiger partial charge < -0.3 is 5.32 Å². The van der Waals surface area contributed by atoms with Crippen LogP contribution in [0.15, 0.2) is 0 Å². The molecule has 3 aliphatic rings. The fraction of sp³-hybridized carbons (Fsp3) is 0.917. The minimum atomic E-state index is 0.169. The van der Waals surface area contributed by atoms with E-state index in [4.69, 9.17) is 0 Å². The van der Waals surface area contributed by atoms with Gasteiger partial charge in [0.1, 0.15) is 0 Å². The van der Waals surface area contributed by atoms with E-state index in [1.54, 1.807) is 0 Å². The molecular formula is C12H18BrNO. The number of amides is 1. The van der Waals surface area contributed by atoms with E-state index in [2.05, 4.69) is 21.2 Å². The number of rotatable bonds is 2. The second-order valence-electron chi connectivity index (χ2n) is 5.46. The molecule has 0 radical (unpaired) electrons. The third-order valence-electron chi connectivity index (χ3n) is 4.90. The maximum absolute atomic E-state index is 11.4. The normalized spacial score (nSPS) is 46.9. The summed E-state index contributed by atoms with van der Waals surface area (Å²) in [5.41, 5.74) is 0. The van der Waals surface area contributed by atoms with Gasteiger partial charge in [0.2, 0.25) is 5.91 Å². The Labute approximate surface area is 99.3 Å². The van der Waals surface area contributed by atoms with E-state index in [0.29, 0.717) is 11.4 Å². The predicted octanol–water partition coefficient (Wildman–Crippen LogP) is 2.32. The highest BCUT2D eigenvalue weighted by Gasteiger charge is 2.53. The molecule has 1 N–H and O–H groups in total. The van der Waals surface area contributed by atoms with Crippen LogP contribution in [0, 0.1) is 23.7 Å². The quantitative estimate of drug-likeness (QED) is 0.768. The zero-order chi connectivity index (χ0) is 10.4. The van der Waals surface area contributed by atoms with E-state index in [1.165, 1.54) is 32.1 Å². The molecule has 3 saturated carbocycles. The molecule has 0 aromatic carbocycles. The third-order valence-corrected chi connectivity index (χ3v) is 5.41. The average molecular weight is 272 g/mol. The van der Waals surface area contributed by atoms with Crippen LogP contribution in [-0.2, 0) is 4.79 Å². The molecular weight excluding hydrogens is 254 g/mol. The topological polar surface area (TPSA) is 29.1 Å². The first kappa shape index (κ1) is 10.1. The molecule has 3 aliphatic carbocycles. The fourth-order valence-corrected chi connectivity index (χ4v) is 4.64. The van der Waals surface area contributed by atoms with Gasteiger partial charge in [-0.1, -0.05) is 22.4 Å². The Bertz CT molecular complexity index is 281. The van der Waals surface area contributed by atoms with Crippen LogP contribution >= 0.6 is 15.9 Å². The molecule has 15 heavy (non-hydrogen) atoms. The molecule has 0 spiro atoms. The second-order valence-corrected chi connectivity index (χ2v) is 6.02. The van der Waals surface area contributed by atoms with E-state index in [9.17, 15) is 4.79 Å². The maximum Gasteiger partial charge on any atom is 0.230 e. The highest BCUT2D eigenvalue weighted by atomic mass is 79.9. The lowest BCUT2D eigenvalue weighted by Crippen LogP contribution is -2.42. The van der Waals surface area contributed by atoms with Gasteiger partial charge in [-0.15, -0.1) is 0 Å². The molecule has 2 nitrogen and oxygen atoms in total. The average Bonchev–Trinajstić information content (AvgIpc) is 2.87. The molecule has 3 heteroatoms. The number of nitrogens with one attached hydrogen (secondary N) is 1. The molecule has 84 valence electrons. The lowest BCUT2D eigenvalue weighted by Gasteiger charge is -2.31. The van der Waals surface area contributed by atoms with Gasteiger partial charge in [0.05, 0.1) is 5.33 Å². The maximum atomic E-state index is 11.4. The summed E-state index contributed by atoms with van der Waals surface area (Å²) in [6.07, 6.45) is 6.96. The number of carbonyl (C=O) groups is 1. The Hall–Kier alpha value is -0.0500. The Morgan fingerprint density at radius 1 is 1.20 bits per heavy atom. The molecule has 5 unspecified atom stereocenters. The van der Waals surface area contributed by atoms with E-state index < -0.39 is 0 Å². The number of alkyl halides is 1. The first-order chi connectivity index (χ1) is 7.29. The Morgan fingerprint density at radius 3 is 2.80 bits per heavy atom. The van der Waals surface area contributed by atoms with E-state index in [-0.39, 0.29) is 5.91 Å². The number of hydrogen-bond acceptors (Lipinski definition) is 1. The smallest absolute Gasteiger partial charge is 0.230 e. The number of fused-ring (bicyclic) bond motifs is 5. The van der Waals surface area contributed by atoms with Crippen molar-refractivity contribution < 1.29 is 4.79 Å². The molecule has 0 aliphatic heterocycles. The lowest BCUT2D eigenvalue weighted by molar-refractivity contribution is -0.119. The van der Waals surface area contributed by atoms with Crippen LogP contribution in [0.5, 0.6) is 0 Å². The van der Waals surface area contributed by atoms with Crippen molar-refractivity contribution >= 4 is 21.8 Å². The van der Waals surface area contributed by atoms with Crippen LogP contribution in [0.25, 0.3) is 0 Å². The summed E-state index contributed by atoms with van der Waals surface area (Å²) in [6.45, 7) is 0. The zero-order valence-corrected chi connectivity index (χ0v) is 10.5. The van der Waals surface area contributed by atoms with Gasteiger partial charge in [-0.05, 0) is 49.4 Å². The Morgan fingerprint density at radius 2 is 2.00 bits per heavy atom. The molecule has 2 bridgehead atoms. The summed E-state index contributed by atoms with van der Waals surface area (Å²) in [4.78, 5) is 11.4. The molecule has 0 heterocycles. The monoisotopic (exact) mass is 271 g/mol. The van der Waals surface area contributed by atoms with Crippen LogP contribution in [0.4, 0.5) is 0 Å². The summed E-state index contributed by atoms with van der Waals surface area (Å²) in [5, 5.41) is 3.64. The van der Waals surface area contributed by atoms with Crippen LogP contribution in [-0.4, -0.2) is 17.3 Å². The van der Waals surface area contributed by atoms with Crippen molar-refractivity contribution in [1.29, 1.82) is 0 Å². The van der Waals surface area contributed by atoms with Crippen molar-refractivity contribution in [3.05, 3.63) is 0 Å². The summed E-state index contributed by atoms with van der Waals surface area (Å²) in [7, 11) is 0. The number of carbonyl (C=O) groups excluding carboxylic acids is 1. The fourth-order valence-electron chi connectivity index (χ4n) is 4.48. The van der Waals surface area contributed by atoms with Gasteiger partial charge in [0.25, 0.3) is 0 Å². The molecule has 0 aromatic heterocycles. The van der Waals surface area contributed by atoms with E-state index in [1.807, 2.05) is 0 Å².